The zero-order valence-corrected chi connectivity index (χ0v) is 25.6. The van der Waals surface area contributed by atoms with Crippen LogP contribution in [0.5, 0.6) is 0 Å². The van der Waals surface area contributed by atoms with Gasteiger partial charge in [0.2, 0.25) is 0 Å². The van der Waals surface area contributed by atoms with Crippen LogP contribution in [0.4, 0.5) is 26.4 Å². The number of nitrogens with one attached hydrogen (secondary N) is 2. The van der Waals surface area contributed by atoms with Crippen LogP contribution in [0.2, 0.25) is 0 Å². The monoisotopic (exact) mass is 624 g/mol. The van der Waals surface area contributed by atoms with Gasteiger partial charge in [0, 0.05) is 55.1 Å². The fourth-order valence-electron chi connectivity index (χ4n) is 5.16. The van der Waals surface area contributed by atoms with Crippen LogP contribution in [0.3, 0.4) is 0 Å². The fourth-order valence-corrected chi connectivity index (χ4v) is 5.16. The van der Waals surface area contributed by atoms with Crippen molar-refractivity contribution < 1.29 is 28.2 Å². The first-order chi connectivity index (χ1) is 22.2. The normalized spacial score (nSPS) is 13.8. The van der Waals surface area contributed by atoms with Gasteiger partial charge in [-0.2, -0.15) is 0 Å². The summed E-state index contributed by atoms with van der Waals surface area (Å²) < 4.78 is 27.0. The van der Waals surface area contributed by atoms with Crippen molar-refractivity contribution in [2.75, 3.05) is 55.9 Å². The summed E-state index contributed by atoms with van der Waals surface area (Å²) in [5, 5.41) is 16.0. The number of hydrogen-bond donors (Lipinski definition) is 3. The van der Waals surface area contributed by atoms with Crippen molar-refractivity contribution in [2.24, 2.45) is 0 Å². The molecule has 2 aromatic heterocycles. The van der Waals surface area contributed by atoms with E-state index in [1.165, 1.54) is 17.0 Å². The zero-order chi connectivity index (χ0) is 32.4. The van der Waals surface area contributed by atoms with Crippen molar-refractivity contribution in [1.82, 2.24) is 14.9 Å². The first-order valence-corrected chi connectivity index (χ1v) is 14.8. The molecular formula is C34H33FN6O5. The number of benzene rings is 3. The molecule has 46 heavy (non-hydrogen) atoms. The number of ether oxygens (including phenoxy) is 1. The Kier molecular flexibility index (Phi) is 8.64. The van der Waals surface area contributed by atoms with Gasteiger partial charge < -0.3 is 34.7 Å². The highest BCUT2D eigenvalue weighted by atomic mass is 19.1. The Bertz CT molecular complexity index is 1900. The van der Waals surface area contributed by atoms with E-state index in [1.807, 2.05) is 18.2 Å². The van der Waals surface area contributed by atoms with Crippen molar-refractivity contribution in [3.05, 3.63) is 89.9 Å². The lowest BCUT2D eigenvalue weighted by molar-refractivity contribution is 0.0827. The Morgan fingerprint density at radius 3 is 2.33 bits per heavy atom. The molecule has 5 aromatic rings. The second kappa shape index (κ2) is 13.0. The Morgan fingerprint density at radius 1 is 0.935 bits per heavy atom. The molecule has 1 unspecified atom stereocenters. The number of aliphatic hydroxyl groups is 1. The van der Waals surface area contributed by atoms with E-state index in [0.29, 0.717) is 60.4 Å². The summed E-state index contributed by atoms with van der Waals surface area (Å²) in [6, 6.07) is 19.4. The van der Waals surface area contributed by atoms with Gasteiger partial charge in [-0.05, 0) is 73.7 Å². The summed E-state index contributed by atoms with van der Waals surface area (Å²) >= 11 is 0. The molecule has 6 rings (SSSR count). The highest BCUT2D eigenvalue weighted by molar-refractivity contribution is 6.01. The number of carbonyl (C=O) groups is 2. The molecule has 0 saturated carbocycles. The molecule has 1 atom stereocenters. The third-order valence-electron chi connectivity index (χ3n) is 7.57. The number of fused-ring (bicyclic) bond motifs is 1. The van der Waals surface area contributed by atoms with Gasteiger partial charge in [0.25, 0.3) is 5.91 Å². The number of halogens is 1. The molecule has 3 N–H and O–H groups in total. The highest BCUT2D eigenvalue weighted by Crippen LogP contribution is 2.34. The van der Waals surface area contributed by atoms with E-state index < -0.39 is 18.0 Å². The van der Waals surface area contributed by atoms with E-state index in [4.69, 9.17) is 19.1 Å². The number of hydrogen-bond acceptors (Lipinski definition) is 8. The Labute approximate surface area is 264 Å². The number of aromatic nitrogens is 2. The molecule has 3 amide bonds. The van der Waals surface area contributed by atoms with Crippen molar-refractivity contribution >= 4 is 40.0 Å². The lowest BCUT2D eigenvalue weighted by Crippen LogP contribution is -2.37. The van der Waals surface area contributed by atoms with Crippen LogP contribution < -0.4 is 15.5 Å². The molecule has 3 heterocycles. The molecule has 3 aromatic carbocycles. The predicted molar refractivity (Wildman–Crippen MR) is 173 cm³/mol. The molecule has 0 bridgehead atoms. The van der Waals surface area contributed by atoms with Crippen LogP contribution >= 0.6 is 0 Å². The standard InChI is InChI=1S/C34H33FN6O5/c1-20(42)29-12-13-30(46-29)22-6-10-26-28(18-22)38-31(39-32(26)41-14-16-45-17-15-41)25-11-9-24(19-27(25)35)37-34(44)36-23-7-4-21(5-8-23)33(43)40(2)3/h4-13,18-20,42H,14-17H2,1-3H3,(H2,36,37,44). The van der Waals surface area contributed by atoms with Crippen molar-refractivity contribution in [2.45, 2.75) is 13.0 Å². The van der Waals surface area contributed by atoms with E-state index >= 15 is 4.39 Å². The van der Waals surface area contributed by atoms with Gasteiger partial charge in [0.05, 0.1) is 24.3 Å². The average molecular weight is 625 g/mol. The minimum Gasteiger partial charge on any atom is -0.458 e. The third-order valence-corrected chi connectivity index (χ3v) is 7.57. The van der Waals surface area contributed by atoms with Crippen LogP contribution in [-0.4, -0.2) is 72.3 Å². The summed E-state index contributed by atoms with van der Waals surface area (Å²) in [4.78, 5) is 37.8. The smallest absolute Gasteiger partial charge is 0.323 e. The molecule has 1 saturated heterocycles. The van der Waals surface area contributed by atoms with Crippen LogP contribution in [0.25, 0.3) is 33.6 Å². The van der Waals surface area contributed by atoms with Gasteiger partial charge in [-0.25, -0.2) is 19.2 Å². The average Bonchev–Trinajstić information content (AvgIpc) is 3.55. The molecule has 12 heteroatoms. The SMILES string of the molecule is CC(O)c1ccc(-c2ccc3c(N4CCOCC4)nc(-c4ccc(NC(=O)Nc5ccc(C(=O)N(C)C)cc5)cc4F)nc3c2)o1. The van der Waals surface area contributed by atoms with E-state index in [9.17, 15) is 14.7 Å². The summed E-state index contributed by atoms with van der Waals surface area (Å²) in [6.45, 7) is 3.97. The van der Waals surface area contributed by atoms with Gasteiger partial charge >= 0.3 is 6.03 Å². The number of rotatable bonds is 7. The second-order valence-electron chi connectivity index (χ2n) is 11.1. The highest BCUT2D eigenvalue weighted by Gasteiger charge is 2.21. The Balaban J connectivity index is 1.27. The van der Waals surface area contributed by atoms with Crippen LogP contribution in [0, 0.1) is 5.82 Å². The summed E-state index contributed by atoms with van der Waals surface area (Å²) in [7, 11) is 3.32. The predicted octanol–water partition coefficient (Wildman–Crippen LogP) is 5.93. The molecule has 0 aliphatic carbocycles. The largest absolute Gasteiger partial charge is 0.458 e. The maximum absolute atomic E-state index is 15.6. The number of morpholine rings is 1. The van der Waals surface area contributed by atoms with Crippen LogP contribution in [0.1, 0.15) is 29.1 Å². The first-order valence-electron chi connectivity index (χ1n) is 14.8. The summed E-state index contributed by atoms with van der Waals surface area (Å²) in [6.07, 6.45) is -0.742. The number of nitrogens with zero attached hydrogens (tertiary/aromatic N) is 4. The molecule has 1 aliphatic heterocycles. The fraction of sp³-hybridized carbons (Fsp3) is 0.235. The number of aliphatic hydroxyl groups excluding tert-OH is 1. The van der Waals surface area contributed by atoms with E-state index in [2.05, 4.69) is 15.5 Å². The van der Waals surface area contributed by atoms with Gasteiger partial charge in [0.15, 0.2) is 5.82 Å². The van der Waals surface area contributed by atoms with Crippen molar-refractivity contribution in [1.29, 1.82) is 0 Å². The molecule has 11 nitrogen and oxygen atoms in total. The van der Waals surface area contributed by atoms with Gasteiger partial charge in [-0.15, -0.1) is 0 Å². The lowest BCUT2D eigenvalue weighted by Gasteiger charge is -2.29. The molecule has 1 aliphatic rings. The van der Waals surface area contributed by atoms with E-state index in [-0.39, 0.29) is 23.0 Å². The minimum absolute atomic E-state index is 0.150. The topological polar surface area (TPSA) is 133 Å². The third kappa shape index (κ3) is 6.53. The van der Waals surface area contributed by atoms with Crippen LogP contribution in [0.15, 0.2) is 77.2 Å². The summed E-state index contributed by atoms with van der Waals surface area (Å²) in [5.74, 6) is 1.12. The Morgan fingerprint density at radius 2 is 1.65 bits per heavy atom. The Hall–Kier alpha value is -5.33. The maximum Gasteiger partial charge on any atom is 0.323 e. The zero-order valence-electron chi connectivity index (χ0n) is 25.6. The van der Waals surface area contributed by atoms with Crippen molar-refractivity contribution in [3.63, 3.8) is 0 Å². The van der Waals surface area contributed by atoms with Gasteiger partial charge in [0.1, 0.15) is 29.3 Å². The number of carbonyl (C=O) groups excluding carboxylic acids is 2. The molecule has 236 valence electrons. The van der Waals surface area contributed by atoms with Gasteiger partial charge in [-0.1, -0.05) is 6.07 Å². The quantitative estimate of drug-likeness (QED) is 0.203. The van der Waals surface area contributed by atoms with Crippen molar-refractivity contribution in [3.8, 4) is 22.7 Å². The molecule has 0 radical (unpaired) electrons. The lowest BCUT2D eigenvalue weighted by atomic mass is 10.1. The van der Waals surface area contributed by atoms with Gasteiger partial charge in [-0.3, -0.25) is 4.79 Å². The van der Waals surface area contributed by atoms with E-state index in [1.54, 1.807) is 63.5 Å². The molecule has 0 spiro atoms. The summed E-state index contributed by atoms with van der Waals surface area (Å²) in [5.41, 5.74) is 2.72. The number of amides is 3. The number of furan rings is 1. The molecule has 1 fully saturated rings. The second-order valence-corrected chi connectivity index (χ2v) is 11.1. The number of anilines is 3. The molecular weight excluding hydrogens is 591 g/mol. The minimum atomic E-state index is -0.742. The number of urea groups is 1. The first kappa shape index (κ1) is 30.7. The van der Waals surface area contributed by atoms with Crippen LogP contribution in [-0.2, 0) is 4.74 Å². The van der Waals surface area contributed by atoms with E-state index in [0.717, 1.165) is 10.9 Å². The maximum atomic E-state index is 15.6.